The lowest BCUT2D eigenvalue weighted by atomic mass is 10.1. The van der Waals surface area contributed by atoms with Crippen LogP contribution in [0.25, 0.3) is 11.0 Å². The zero-order valence-electron chi connectivity index (χ0n) is 19.1. The molecule has 1 fully saturated rings. The van der Waals surface area contributed by atoms with Gasteiger partial charge in [0.1, 0.15) is 15.5 Å². The molecule has 5 rings (SSSR count). The van der Waals surface area contributed by atoms with Crippen molar-refractivity contribution >= 4 is 38.3 Å². The van der Waals surface area contributed by atoms with Crippen LogP contribution in [-0.2, 0) is 16.6 Å². The number of amides is 1. The minimum Gasteiger partial charge on any atom is -0.497 e. The Morgan fingerprint density at radius 1 is 1.11 bits per heavy atom. The molecule has 3 heterocycles. The Morgan fingerprint density at radius 2 is 1.91 bits per heavy atom. The molecule has 1 amide bonds. The Hall–Kier alpha value is -3.28. The van der Waals surface area contributed by atoms with Crippen molar-refractivity contribution in [2.75, 3.05) is 20.2 Å². The number of nitrogens with one attached hydrogen (secondary N) is 1. The number of thiophene rings is 1. The molecule has 1 aliphatic rings. The van der Waals surface area contributed by atoms with Crippen molar-refractivity contribution < 1.29 is 17.9 Å². The fourth-order valence-electron chi connectivity index (χ4n) is 4.24. The number of fused-ring (bicyclic) bond motifs is 1. The van der Waals surface area contributed by atoms with Crippen LogP contribution in [0.4, 0.5) is 0 Å². The number of methoxy groups -OCH3 is 1. The molecule has 1 aliphatic heterocycles. The smallest absolute Gasteiger partial charge is 0.252 e. The van der Waals surface area contributed by atoms with Gasteiger partial charge in [0.05, 0.1) is 25.2 Å². The van der Waals surface area contributed by atoms with Gasteiger partial charge in [-0.1, -0.05) is 23.4 Å². The van der Waals surface area contributed by atoms with Gasteiger partial charge in [-0.3, -0.25) is 4.79 Å². The Balaban J connectivity index is 1.21. The van der Waals surface area contributed by atoms with Gasteiger partial charge in [0.2, 0.25) is 0 Å². The van der Waals surface area contributed by atoms with Crippen molar-refractivity contribution in [3.05, 3.63) is 71.1 Å². The molecule has 0 unspecified atom stereocenters. The minimum atomic E-state index is -3.60. The molecule has 1 saturated heterocycles. The predicted octanol–water partition coefficient (Wildman–Crippen LogP) is 3.46. The summed E-state index contributed by atoms with van der Waals surface area (Å²) in [7, 11) is -2.05. The van der Waals surface area contributed by atoms with Crippen LogP contribution in [0.3, 0.4) is 0 Å². The third-order valence-electron chi connectivity index (χ3n) is 6.13. The van der Waals surface area contributed by atoms with E-state index in [0.717, 1.165) is 15.9 Å². The third kappa shape index (κ3) is 4.79. The van der Waals surface area contributed by atoms with E-state index in [9.17, 15) is 13.2 Å². The molecular formula is C24H25N5O4S2. The van der Waals surface area contributed by atoms with E-state index in [2.05, 4.69) is 15.6 Å². The number of benzene rings is 2. The summed E-state index contributed by atoms with van der Waals surface area (Å²) in [6.45, 7) is 1.08. The van der Waals surface area contributed by atoms with Crippen molar-refractivity contribution in [2.24, 2.45) is 0 Å². The Labute approximate surface area is 207 Å². The summed E-state index contributed by atoms with van der Waals surface area (Å²) in [5, 5.41) is 11.3. The molecule has 2 aromatic heterocycles. The molecule has 0 bridgehead atoms. The van der Waals surface area contributed by atoms with Crippen LogP contribution < -0.4 is 10.1 Å². The number of rotatable bonds is 7. The molecule has 182 valence electrons. The van der Waals surface area contributed by atoms with Gasteiger partial charge in [-0.25, -0.2) is 13.1 Å². The maximum absolute atomic E-state index is 13.2. The molecule has 0 radical (unpaired) electrons. The first-order valence-electron chi connectivity index (χ1n) is 11.3. The van der Waals surface area contributed by atoms with Crippen molar-refractivity contribution in [2.45, 2.75) is 29.6 Å². The standard InChI is InChI=1S/C24H25N5O4S2/c1-33-19-6-4-5-17(15-19)24(30)25-16-20-9-10-23(34-20)35(31,32)28-13-11-18(12-14-28)29-22-8-3-2-7-21(22)26-27-29/h2-10,15,18H,11-14,16H2,1H3,(H,25,30). The Morgan fingerprint density at radius 3 is 2.71 bits per heavy atom. The molecule has 0 spiro atoms. The summed E-state index contributed by atoms with van der Waals surface area (Å²) in [5.74, 6) is 0.354. The highest BCUT2D eigenvalue weighted by Gasteiger charge is 2.32. The van der Waals surface area contributed by atoms with Gasteiger partial charge in [0.25, 0.3) is 15.9 Å². The van der Waals surface area contributed by atoms with Gasteiger partial charge in [-0.05, 0) is 55.3 Å². The summed E-state index contributed by atoms with van der Waals surface area (Å²) in [6, 6.07) is 18.1. The SMILES string of the molecule is COc1cccc(C(=O)NCc2ccc(S(=O)(=O)N3CCC(n4nnc5ccccc54)CC3)s2)c1. The van der Waals surface area contributed by atoms with Crippen LogP contribution in [0.5, 0.6) is 5.75 Å². The monoisotopic (exact) mass is 511 g/mol. The van der Waals surface area contributed by atoms with Crippen LogP contribution in [0.2, 0.25) is 0 Å². The largest absolute Gasteiger partial charge is 0.497 e. The molecule has 9 nitrogen and oxygen atoms in total. The van der Waals surface area contributed by atoms with Gasteiger partial charge >= 0.3 is 0 Å². The maximum atomic E-state index is 13.2. The number of aromatic nitrogens is 3. The molecule has 0 atom stereocenters. The number of hydrogen-bond acceptors (Lipinski definition) is 7. The first kappa shape index (κ1) is 23.5. The number of hydrogen-bond donors (Lipinski definition) is 1. The van der Waals surface area contributed by atoms with Gasteiger partial charge in [-0.15, -0.1) is 16.4 Å². The summed E-state index contributed by atoms with van der Waals surface area (Å²) in [5.41, 5.74) is 2.29. The normalized spacial score (nSPS) is 15.3. The van der Waals surface area contributed by atoms with E-state index in [1.807, 2.05) is 28.9 Å². The number of sulfonamides is 1. The first-order chi connectivity index (χ1) is 17.0. The number of para-hydroxylation sites is 1. The van der Waals surface area contributed by atoms with E-state index in [1.165, 1.54) is 15.6 Å². The Bertz CT molecular complexity index is 1460. The molecule has 2 aromatic carbocycles. The third-order valence-corrected chi connectivity index (χ3v) is 9.58. The minimum absolute atomic E-state index is 0.111. The van der Waals surface area contributed by atoms with Crippen LogP contribution >= 0.6 is 11.3 Å². The highest BCUT2D eigenvalue weighted by molar-refractivity contribution is 7.91. The van der Waals surface area contributed by atoms with E-state index in [1.54, 1.807) is 43.5 Å². The van der Waals surface area contributed by atoms with Crippen LogP contribution in [0.1, 0.15) is 34.1 Å². The number of piperidine rings is 1. The quantitative estimate of drug-likeness (QED) is 0.407. The second-order valence-corrected chi connectivity index (χ2v) is 11.6. The molecule has 0 saturated carbocycles. The van der Waals surface area contributed by atoms with Crippen molar-refractivity contribution in [1.29, 1.82) is 0 Å². The zero-order chi connectivity index (χ0) is 24.4. The van der Waals surface area contributed by atoms with Crippen molar-refractivity contribution in [1.82, 2.24) is 24.6 Å². The highest BCUT2D eigenvalue weighted by atomic mass is 32.2. The number of ether oxygens (including phenoxy) is 1. The summed E-state index contributed by atoms with van der Waals surface area (Å²) < 4.78 is 35.4. The number of carbonyl (C=O) groups is 1. The average Bonchev–Trinajstić information content (AvgIpc) is 3.55. The van der Waals surface area contributed by atoms with Crippen molar-refractivity contribution in [3.63, 3.8) is 0 Å². The van der Waals surface area contributed by atoms with Crippen molar-refractivity contribution in [3.8, 4) is 5.75 Å². The fraction of sp³-hybridized carbons (Fsp3) is 0.292. The number of carbonyl (C=O) groups excluding carboxylic acids is 1. The van der Waals surface area contributed by atoms with E-state index in [0.29, 0.717) is 37.2 Å². The summed E-state index contributed by atoms with van der Waals surface area (Å²) in [6.07, 6.45) is 1.34. The second kappa shape index (κ2) is 9.76. The van der Waals surface area contributed by atoms with E-state index in [4.69, 9.17) is 4.74 Å². The van der Waals surface area contributed by atoms with Gasteiger partial charge in [-0.2, -0.15) is 4.31 Å². The van der Waals surface area contributed by atoms with Crippen LogP contribution in [0.15, 0.2) is 64.9 Å². The van der Waals surface area contributed by atoms with Gasteiger partial charge in [0.15, 0.2) is 0 Å². The van der Waals surface area contributed by atoms with Crippen LogP contribution in [0, 0.1) is 0 Å². The van der Waals surface area contributed by atoms with E-state index < -0.39 is 10.0 Å². The Kier molecular flexibility index (Phi) is 6.54. The fourth-order valence-corrected chi connectivity index (χ4v) is 7.16. The zero-order valence-corrected chi connectivity index (χ0v) is 20.8. The maximum Gasteiger partial charge on any atom is 0.252 e. The topological polar surface area (TPSA) is 106 Å². The van der Waals surface area contributed by atoms with Gasteiger partial charge in [0, 0.05) is 23.5 Å². The van der Waals surface area contributed by atoms with E-state index >= 15 is 0 Å². The van der Waals surface area contributed by atoms with E-state index in [-0.39, 0.29) is 22.7 Å². The number of nitrogens with zero attached hydrogens (tertiary/aromatic N) is 4. The lowest BCUT2D eigenvalue weighted by molar-refractivity contribution is 0.0951. The molecule has 0 aliphatic carbocycles. The summed E-state index contributed by atoms with van der Waals surface area (Å²) >= 11 is 1.18. The predicted molar refractivity (Wildman–Crippen MR) is 133 cm³/mol. The molecule has 11 heteroatoms. The lowest BCUT2D eigenvalue weighted by Crippen LogP contribution is -2.38. The van der Waals surface area contributed by atoms with Crippen LogP contribution in [-0.4, -0.2) is 53.8 Å². The molecule has 4 aromatic rings. The molecule has 35 heavy (non-hydrogen) atoms. The average molecular weight is 512 g/mol. The van der Waals surface area contributed by atoms with Gasteiger partial charge < -0.3 is 10.1 Å². The lowest BCUT2D eigenvalue weighted by Gasteiger charge is -2.30. The molecule has 1 N–H and O–H groups in total. The highest BCUT2D eigenvalue weighted by Crippen LogP contribution is 2.31. The first-order valence-corrected chi connectivity index (χ1v) is 13.5. The second-order valence-electron chi connectivity index (χ2n) is 8.29. The molecular weight excluding hydrogens is 486 g/mol. The summed E-state index contributed by atoms with van der Waals surface area (Å²) in [4.78, 5) is 13.2.